The molecule has 1 aromatic carbocycles. The molecule has 2 nitrogen and oxygen atoms in total. The van der Waals surface area contributed by atoms with Gasteiger partial charge in [-0.2, -0.15) is 0 Å². The number of hydrogen-bond donors (Lipinski definition) is 0. The molecule has 0 aliphatic carbocycles. The van der Waals surface area contributed by atoms with Gasteiger partial charge in [-0.3, -0.25) is 4.79 Å². The number of hydrogen-bond acceptors (Lipinski definition) is 2. The maximum Gasteiger partial charge on any atom is 0.152 e. The molecule has 0 N–H and O–H groups in total. The van der Waals surface area contributed by atoms with Gasteiger partial charge in [0.1, 0.15) is 17.3 Å². The van der Waals surface area contributed by atoms with Gasteiger partial charge in [0.15, 0.2) is 11.6 Å². The zero-order chi connectivity index (χ0) is 12.6. The number of carbonyl (C=O) groups is 1. The van der Waals surface area contributed by atoms with Gasteiger partial charge in [-0.15, -0.1) is 0 Å². The van der Waals surface area contributed by atoms with E-state index in [9.17, 15) is 18.0 Å². The van der Waals surface area contributed by atoms with Crippen molar-refractivity contribution in [1.29, 1.82) is 0 Å². The van der Waals surface area contributed by atoms with E-state index < -0.39 is 17.5 Å². The average molecular weight is 243 g/mol. The first-order valence-electron chi connectivity index (χ1n) is 5.42. The summed E-state index contributed by atoms with van der Waals surface area (Å²) in [6.07, 6.45) is 0.525. The number of Topliss-reactive ketones (excluding diaryl/α,β-unsaturated/α-hetero) is 1. The van der Waals surface area contributed by atoms with Crippen molar-refractivity contribution < 1.29 is 18.0 Å². The SMILES string of the molecule is CC1CC(=O)CCN1c1c(F)cc(F)cc1F. The Bertz CT molecular complexity index is 438. The second-order valence-corrected chi connectivity index (χ2v) is 4.25. The number of carbonyl (C=O) groups excluding carboxylic acids is 1. The fourth-order valence-electron chi connectivity index (χ4n) is 2.15. The third-order valence-electron chi connectivity index (χ3n) is 2.96. The van der Waals surface area contributed by atoms with Gasteiger partial charge in [0.2, 0.25) is 0 Å². The Morgan fingerprint density at radius 1 is 1.24 bits per heavy atom. The highest BCUT2D eigenvalue weighted by Crippen LogP contribution is 2.29. The molecule has 1 fully saturated rings. The minimum absolute atomic E-state index is 0.0803. The van der Waals surface area contributed by atoms with Crippen LogP contribution >= 0.6 is 0 Å². The van der Waals surface area contributed by atoms with Crippen molar-refractivity contribution in [2.24, 2.45) is 0 Å². The number of halogens is 3. The van der Waals surface area contributed by atoms with Crippen molar-refractivity contribution in [3.8, 4) is 0 Å². The molecule has 0 amide bonds. The Hall–Kier alpha value is -1.52. The summed E-state index contributed by atoms with van der Waals surface area (Å²) >= 11 is 0. The largest absolute Gasteiger partial charge is 0.363 e. The van der Waals surface area contributed by atoms with Crippen molar-refractivity contribution >= 4 is 11.5 Å². The van der Waals surface area contributed by atoms with Crippen LogP contribution in [0.3, 0.4) is 0 Å². The summed E-state index contributed by atoms with van der Waals surface area (Å²) in [5.41, 5.74) is -0.244. The first-order valence-corrected chi connectivity index (χ1v) is 5.42. The van der Waals surface area contributed by atoms with Crippen LogP contribution in [0.25, 0.3) is 0 Å². The monoisotopic (exact) mass is 243 g/mol. The molecule has 0 bridgehead atoms. The molecule has 0 spiro atoms. The lowest BCUT2D eigenvalue weighted by atomic mass is 10.0. The van der Waals surface area contributed by atoms with Crippen molar-refractivity contribution in [3.05, 3.63) is 29.6 Å². The average Bonchev–Trinajstić information content (AvgIpc) is 2.19. The predicted molar refractivity (Wildman–Crippen MR) is 57.4 cm³/mol. The molecular weight excluding hydrogens is 231 g/mol. The van der Waals surface area contributed by atoms with Crippen LogP contribution < -0.4 is 4.90 Å². The van der Waals surface area contributed by atoms with Crippen LogP contribution in [0.4, 0.5) is 18.9 Å². The third-order valence-corrected chi connectivity index (χ3v) is 2.96. The molecule has 0 radical (unpaired) electrons. The Labute approximate surface area is 97.0 Å². The topological polar surface area (TPSA) is 20.3 Å². The Morgan fingerprint density at radius 2 is 1.82 bits per heavy atom. The van der Waals surface area contributed by atoms with Crippen LogP contribution in [0.5, 0.6) is 0 Å². The molecule has 17 heavy (non-hydrogen) atoms. The molecule has 0 aromatic heterocycles. The highest BCUT2D eigenvalue weighted by Gasteiger charge is 2.28. The molecule has 1 aliphatic rings. The van der Waals surface area contributed by atoms with Gasteiger partial charge >= 0.3 is 0 Å². The van der Waals surface area contributed by atoms with E-state index in [1.54, 1.807) is 6.92 Å². The van der Waals surface area contributed by atoms with E-state index in [-0.39, 0.29) is 36.9 Å². The summed E-state index contributed by atoms with van der Waals surface area (Å²) < 4.78 is 39.9. The highest BCUT2D eigenvalue weighted by atomic mass is 19.1. The second-order valence-electron chi connectivity index (χ2n) is 4.25. The number of piperidine rings is 1. The molecule has 1 unspecified atom stereocenters. The van der Waals surface area contributed by atoms with Crippen LogP contribution in [0, 0.1) is 17.5 Å². The quantitative estimate of drug-likeness (QED) is 0.755. The van der Waals surface area contributed by atoms with Gasteiger partial charge in [0.05, 0.1) is 0 Å². The van der Waals surface area contributed by atoms with Gasteiger partial charge in [-0.1, -0.05) is 0 Å². The van der Waals surface area contributed by atoms with E-state index >= 15 is 0 Å². The molecule has 1 heterocycles. The number of nitrogens with zero attached hydrogens (tertiary/aromatic N) is 1. The molecule has 2 rings (SSSR count). The molecule has 0 saturated carbocycles. The molecule has 1 atom stereocenters. The summed E-state index contributed by atoms with van der Waals surface area (Å²) in [4.78, 5) is 12.7. The van der Waals surface area contributed by atoms with Crippen molar-refractivity contribution in [2.45, 2.75) is 25.8 Å². The van der Waals surface area contributed by atoms with Crippen LogP contribution in [-0.2, 0) is 4.79 Å². The fourth-order valence-corrected chi connectivity index (χ4v) is 2.15. The first-order chi connectivity index (χ1) is 7.99. The third kappa shape index (κ3) is 2.28. The van der Waals surface area contributed by atoms with Gasteiger partial charge < -0.3 is 4.90 Å². The normalized spacial score (nSPS) is 20.8. The minimum Gasteiger partial charge on any atom is -0.363 e. The zero-order valence-electron chi connectivity index (χ0n) is 9.34. The van der Waals surface area contributed by atoms with Crippen LogP contribution in [0.15, 0.2) is 12.1 Å². The molecule has 5 heteroatoms. The minimum atomic E-state index is -0.940. The molecule has 92 valence electrons. The second kappa shape index (κ2) is 4.39. The van der Waals surface area contributed by atoms with E-state index in [1.807, 2.05) is 0 Å². The summed E-state index contributed by atoms with van der Waals surface area (Å²) in [7, 11) is 0. The van der Waals surface area contributed by atoms with Crippen molar-refractivity contribution in [1.82, 2.24) is 0 Å². The van der Waals surface area contributed by atoms with Crippen LogP contribution in [0.1, 0.15) is 19.8 Å². The predicted octanol–water partition coefficient (Wildman–Crippen LogP) is 2.66. The maximum atomic E-state index is 13.6. The summed E-state index contributed by atoms with van der Waals surface area (Å²) in [6, 6.07) is 1.04. The Kier molecular flexibility index (Phi) is 3.09. The summed E-state index contributed by atoms with van der Waals surface area (Å²) in [5, 5.41) is 0. The maximum absolute atomic E-state index is 13.6. The van der Waals surface area contributed by atoms with Gasteiger partial charge in [0, 0.05) is 37.6 Å². The molecule has 1 aromatic rings. The highest BCUT2D eigenvalue weighted by molar-refractivity contribution is 5.81. The number of rotatable bonds is 1. The lowest BCUT2D eigenvalue weighted by molar-refractivity contribution is -0.120. The lowest BCUT2D eigenvalue weighted by Crippen LogP contribution is -2.42. The van der Waals surface area contributed by atoms with Crippen LogP contribution in [-0.4, -0.2) is 18.4 Å². The standard InChI is InChI=1S/C12H12F3NO/c1-7-4-9(17)2-3-16(7)12-10(14)5-8(13)6-11(12)15/h5-7H,2-4H2,1H3. The van der Waals surface area contributed by atoms with E-state index in [2.05, 4.69) is 0 Å². The van der Waals surface area contributed by atoms with Crippen LogP contribution in [0.2, 0.25) is 0 Å². The Morgan fingerprint density at radius 3 is 2.35 bits per heavy atom. The van der Waals surface area contributed by atoms with Crippen molar-refractivity contribution in [2.75, 3.05) is 11.4 Å². The van der Waals surface area contributed by atoms with Gasteiger partial charge in [0.25, 0.3) is 0 Å². The van der Waals surface area contributed by atoms with E-state index in [1.165, 1.54) is 4.90 Å². The molecule has 1 saturated heterocycles. The van der Waals surface area contributed by atoms with E-state index in [4.69, 9.17) is 0 Å². The first kappa shape index (κ1) is 12.0. The summed E-state index contributed by atoms with van der Waals surface area (Å²) in [5.74, 6) is -2.71. The van der Waals surface area contributed by atoms with Gasteiger partial charge in [-0.05, 0) is 6.92 Å². The number of benzene rings is 1. The Balaban J connectivity index is 2.37. The fraction of sp³-hybridized carbons (Fsp3) is 0.417. The molecular formula is C12H12F3NO. The summed E-state index contributed by atoms with van der Waals surface area (Å²) in [6.45, 7) is 1.98. The number of anilines is 1. The smallest absolute Gasteiger partial charge is 0.152 e. The van der Waals surface area contributed by atoms with E-state index in [0.29, 0.717) is 12.1 Å². The zero-order valence-corrected chi connectivity index (χ0v) is 9.34. The van der Waals surface area contributed by atoms with Gasteiger partial charge in [-0.25, -0.2) is 13.2 Å². The molecule has 1 aliphatic heterocycles. The van der Waals surface area contributed by atoms with Crippen molar-refractivity contribution in [3.63, 3.8) is 0 Å². The van der Waals surface area contributed by atoms with E-state index in [0.717, 1.165) is 0 Å². The number of ketones is 1. The lowest BCUT2D eigenvalue weighted by Gasteiger charge is -2.34.